The van der Waals surface area contributed by atoms with Crippen LogP contribution < -0.4 is 5.32 Å². The second kappa shape index (κ2) is 6.52. The van der Waals surface area contributed by atoms with Gasteiger partial charge in [0, 0.05) is 15.7 Å². The van der Waals surface area contributed by atoms with Gasteiger partial charge in [0.2, 0.25) is 12.3 Å². The van der Waals surface area contributed by atoms with Gasteiger partial charge in [0.05, 0.1) is 10.6 Å². The average molecular weight is 393 g/mol. The highest BCUT2D eigenvalue weighted by atomic mass is 79.9. The van der Waals surface area contributed by atoms with Gasteiger partial charge in [0.15, 0.2) is 0 Å². The average Bonchev–Trinajstić information content (AvgIpc) is 3.06. The van der Waals surface area contributed by atoms with Crippen molar-refractivity contribution in [1.82, 2.24) is 10.2 Å². The van der Waals surface area contributed by atoms with Gasteiger partial charge in [-0.1, -0.05) is 33.6 Å². The van der Waals surface area contributed by atoms with E-state index in [1.54, 1.807) is 24.3 Å². The number of carbonyl (C=O) groups excluding carboxylic acids is 1. The first-order chi connectivity index (χ1) is 11.0. The van der Waals surface area contributed by atoms with E-state index in [4.69, 9.17) is 16.0 Å². The third-order valence-electron chi connectivity index (χ3n) is 3.27. The molecular formula is C16H11BrClN3O2. The summed E-state index contributed by atoms with van der Waals surface area (Å²) in [7, 11) is 0. The van der Waals surface area contributed by atoms with Gasteiger partial charge in [0.1, 0.15) is 0 Å². The van der Waals surface area contributed by atoms with E-state index in [0.717, 1.165) is 15.6 Å². The molecule has 0 aliphatic rings. The molecular weight excluding hydrogens is 382 g/mol. The molecule has 5 nitrogen and oxygen atoms in total. The van der Waals surface area contributed by atoms with Crippen LogP contribution in [0.15, 0.2) is 51.7 Å². The standard InChI is InChI=1S/C16H11BrClN3O2/c1-9-2-3-10(16-21-19-8-23-16)6-14(9)20-15(22)12-7-11(17)4-5-13(12)18/h2-8H,1H3,(H,20,22). The van der Waals surface area contributed by atoms with Crippen molar-refractivity contribution in [1.29, 1.82) is 0 Å². The lowest BCUT2D eigenvalue weighted by molar-refractivity contribution is 0.102. The Bertz CT molecular complexity index is 866. The number of nitrogens with one attached hydrogen (secondary N) is 1. The maximum atomic E-state index is 12.5. The van der Waals surface area contributed by atoms with E-state index in [1.807, 2.05) is 19.1 Å². The van der Waals surface area contributed by atoms with Gasteiger partial charge in [-0.25, -0.2) is 0 Å². The summed E-state index contributed by atoms with van der Waals surface area (Å²) in [6.45, 7) is 1.90. The van der Waals surface area contributed by atoms with Crippen LogP contribution in [0.4, 0.5) is 5.69 Å². The Kier molecular flexibility index (Phi) is 4.45. The summed E-state index contributed by atoms with van der Waals surface area (Å²) in [4.78, 5) is 12.5. The van der Waals surface area contributed by atoms with Crippen LogP contribution in [0.25, 0.3) is 11.5 Å². The minimum atomic E-state index is -0.290. The Morgan fingerprint density at radius 1 is 1.26 bits per heavy atom. The van der Waals surface area contributed by atoms with Crippen LogP contribution in [0.5, 0.6) is 0 Å². The van der Waals surface area contributed by atoms with Gasteiger partial charge in [0.25, 0.3) is 5.91 Å². The number of nitrogens with zero attached hydrogens (tertiary/aromatic N) is 2. The Morgan fingerprint density at radius 2 is 2.09 bits per heavy atom. The van der Waals surface area contributed by atoms with Crippen LogP contribution >= 0.6 is 27.5 Å². The van der Waals surface area contributed by atoms with E-state index in [0.29, 0.717) is 22.2 Å². The first-order valence-electron chi connectivity index (χ1n) is 6.68. The SMILES string of the molecule is Cc1ccc(-c2nnco2)cc1NC(=O)c1cc(Br)ccc1Cl. The van der Waals surface area contributed by atoms with Gasteiger partial charge in [-0.2, -0.15) is 0 Å². The Balaban J connectivity index is 1.92. The van der Waals surface area contributed by atoms with E-state index in [2.05, 4.69) is 31.4 Å². The second-order valence-electron chi connectivity index (χ2n) is 4.85. The van der Waals surface area contributed by atoms with Crippen LogP contribution in [0, 0.1) is 6.92 Å². The summed E-state index contributed by atoms with van der Waals surface area (Å²) in [6.07, 6.45) is 1.26. The highest BCUT2D eigenvalue weighted by molar-refractivity contribution is 9.10. The second-order valence-corrected chi connectivity index (χ2v) is 6.17. The number of amides is 1. The summed E-state index contributed by atoms with van der Waals surface area (Å²) < 4.78 is 5.96. The lowest BCUT2D eigenvalue weighted by atomic mass is 10.1. The number of aromatic nitrogens is 2. The lowest BCUT2D eigenvalue weighted by Crippen LogP contribution is -2.13. The molecule has 0 fully saturated rings. The van der Waals surface area contributed by atoms with Crippen molar-refractivity contribution in [2.24, 2.45) is 0 Å². The third-order valence-corrected chi connectivity index (χ3v) is 4.09. The number of halogens is 2. The molecule has 7 heteroatoms. The summed E-state index contributed by atoms with van der Waals surface area (Å²) in [6, 6.07) is 10.6. The molecule has 1 amide bonds. The molecule has 0 aliphatic carbocycles. The van der Waals surface area contributed by atoms with Crippen molar-refractivity contribution in [2.75, 3.05) is 5.32 Å². The molecule has 0 unspecified atom stereocenters. The molecule has 2 aromatic carbocycles. The zero-order valence-electron chi connectivity index (χ0n) is 12.0. The molecule has 0 spiro atoms. The van der Waals surface area contributed by atoms with Gasteiger partial charge >= 0.3 is 0 Å². The zero-order chi connectivity index (χ0) is 16.4. The zero-order valence-corrected chi connectivity index (χ0v) is 14.4. The summed E-state index contributed by atoms with van der Waals surface area (Å²) >= 11 is 9.43. The van der Waals surface area contributed by atoms with Crippen LogP contribution in [-0.2, 0) is 0 Å². The van der Waals surface area contributed by atoms with Crippen molar-refractivity contribution in [3.63, 3.8) is 0 Å². The number of hydrogen-bond donors (Lipinski definition) is 1. The Morgan fingerprint density at radius 3 is 2.83 bits per heavy atom. The van der Waals surface area contributed by atoms with Gasteiger partial charge < -0.3 is 9.73 Å². The van der Waals surface area contributed by atoms with Crippen LogP contribution in [0.1, 0.15) is 15.9 Å². The molecule has 116 valence electrons. The van der Waals surface area contributed by atoms with Crippen molar-refractivity contribution in [3.05, 3.63) is 63.4 Å². The van der Waals surface area contributed by atoms with Crippen LogP contribution in [0.3, 0.4) is 0 Å². The fourth-order valence-corrected chi connectivity index (χ4v) is 2.61. The molecule has 0 aliphatic heterocycles. The smallest absolute Gasteiger partial charge is 0.257 e. The van der Waals surface area contributed by atoms with E-state index in [9.17, 15) is 4.79 Å². The van der Waals surface area contributed by atoms with Gasteiger partial charge in [-0.3, -0.25) is 4.79 Å². The van der Waals surface area contributed by atoms with E-state index >= 15 is 0 Å². The van der Waals surface area contributed by atoms with Crippen molar-refractivity contribution >= 4 is 39.1 Å². The Hall–Kier alpha value is -2.18. The predicted octanol–water partition coefficient (Wildman–Crippen LogP) is 4.71. The van der Waals surface area contributed by atoms with Crippen LogP contribution in [-0.4, -0.2) is 16.1 Å². The third kappa shape index (κ3) is 3.43. The highest BCUT2D eigenvalue weighted by Crippen LogP contribution is 2.26. The number of anilines is 1. The maximum Gasteiger partial charge on any atom is 0.257 e. The molecule has 0 saturated carbocycles. The summed E-state index contributed by atoms with van der Waals surface area (Å²) in [5.41, 5.74) is 2.68. The largest absolute Gasteiger partial charge is 0.423 e. The van der Waals surface area contributed by atoms with Gasteiger partial charge in [-0.15, -0.1) is 10.2 Å². The normalized spacial score (nSPS) is 10.6. The van der Waals surface area contributed by atoms with E-state index in [1.165, 1.54) is 6.39 Å². The monoisotopic (exact) mass is 391 g/mol. The molecule has 0 saturated heterocycles. The van der Waals surface area contributed by atoms with E-state index < -0.39 is 0 Å². The topological polar surface area (TPSA) is 68.0 Å². The van der Waals surface area contributed by atoms with E-state index in [-0.39, 0.29) is 5.91 Å². The van der Waals surface area contributed by atoms with Crippen molar-refractivity contribution in [2.45, 2.75) is 6.92 Å². The molecule has 0 atom stereocenters. The number of benzene rings is 2. The van der Waals surface area contributed by atoms with Crippen LogP contribution in [0.2, 0.25) is 5.02 Å². The highest BCUT2D eigenvalue weighted by Gasteiger charge is 2.14. The number of hydrogen-bond acceptors (Lipinski definition) is 4. The summed E-state index contributed by atoms with van der Waals surface area (Å²) in [5, 5.41) is 10.8. The molecule has 0 bridgehead atoms. The van der Waals surface area contributed by atoms with Crippen molar-refractivity contribution < 1.29 is 9.21 Å². The maximum absolute atomic E-state index is 12.5. The summed E-state index contributed by atoms with van der Waals surface area (Å²) in [5.74, 6) is 0.100. The fraction of sp³-hybridized carbons (Fsp3) is 0.0625. The predicted molar refractivity (Wildman–Crippen MR) is 91.6 cm³/mol. The number of rotatable bonds is 3. The van der Waals surface area contributed by atoms with Gasteiger partial charge in [-0.05, 0) is 42.8 Å². The first kappa shape index (κ1) is 15.7. The van der Waals surface area contributed by atoms with Crippen molar-refractivity contribution in [3.8, 4) is 11.5 Å². The molecule has 1 N–H and O–H groups in total. The quantitative estimate of drug-likeness (QED) is 0.700. The minimum Gasteiger partial charge on any atom is -0.423 e. The molecule has 3 rings (SSSR count). The molecule has 23 heavy (non-hydrogen) atoms. The number of carbonyl (C=O) groups is 1. The molecule has 3 aromatic rings. The molecule has 1 heterocycles. The minimum absolute atomic E-state index is 0.290. The Labute approximate surface area is 145 Å². The first-order valence-corrected chi connectivity index (χ1v) is 7.85. The fourth-order valence-electron chi connectivity index (χ4n) is 2.05. The molecule has 0 radical (unpaired) electrons. The lowest BCUT2D eigenvalue weighted by Gasteiger charge is -2.11. The molecule has 1 aromatic heterocycles. The number of aryl methyl sites for hydroxylation is 1.